The molecular formula is C23H21N3O3S. The number of hydrogen-bond acceptors (Lipinski definition) is 4. The largest absolute Gasteiger partial charge is 0.271 e. The van der Waals surface area contributed by atoms with Crippen molar-refractivity contribution in [3.8, 4) is 0 Å². The Kier molecular flexibility index (Phi) is 5.63. The lowest BCUT2D eigenvalue weighted by atomic mass is 10.0. The van der Waals surface area contributed by atoms with E-state index in [1.165, 1.54) is 4.31 Å². The Morgan fingerprint density at radius 3 is 2.00 bits per heavy atom. The van der Waals surface area contributed by atoms with Gasteiger partial charge in [0, 0.05) is 23.2 Å². The average molecular weight is 420 g/mol. The second kappa shape index (κ2) is 8.51. The average Bonchev–Trinajstić information content (AvgIpc) is 3.14. The standard InChI is InChI=1S/C23H21N3O3S/c27-23(20-13-7-14-21(17-20)26-15-8-16-30(26,28)29)25-24-22(18-9-3-1-4-10-18)19-11-5-2-6-12-19/h1-7,9-14,17H,8,15-16H2,(H,25,27). The highest BCUT2D eigenvalue weighted by molar-refractivity contribution is 7.93. The number of rotatable bonds is 5. The lowest BCUT2D eigenvalue weighted by molar-refractivity contribution is 0.0955. The molecule has 0 bridgehead atoms. The molecule has 3 aromatic rings. The summed E-state index contributed by atoms with van der Waals surface area (Å²) in [7, 11) is -3.31. The first-order valence-corrected chi connectivity index (χ1v) is 11.2. The van der Waals surface area contributed by atoms with Gasteiger partial charge in [-0.1, -0.05) is 66.7 Å². The second-order valence-electron chi connectivity index (χ2n) is 6.93. The fourth-order valence-electron chi connectivity index (χ4n) is 3.39. The van der Waals surface area contributed by atoms with Crippen LogP contribution in [0.3, 0.4) is 0 Å². The summed E-state index contributed by atoms with van der Waals surface area (Å²) in [5.74, 6) is -0.275. The van der Waals surface area contributed by atoms with Crippen LogP contribution >= 0.6 is 0 Å². The lowest BCUT2D eigenvalue weighted by Gasteiger charge is -2.17. The molecule has 1 aliphatic heterocycles. The Morgan fingerprint density at radius 1 is 0.833 bits per heavy atom. The molecule has 4 rings (SSSR count). The monoisotopic (exact) mass is 419 g/mol. The Bertz CT molecular complexity index is 1140. The van der Waals surface area contributed by atoms with Crippen LogP contribution in [0.1, 0.15) is 27.9 Å². The maximum absolute atomic E-state index is 12.8. The van der Waals surface area contributed by atoms with Gasteiger partial charge in [0.05, 0.1) is 17.2 Å². The van der Waals surface area contributed by atoms with Gasteiger partial charge in [0.2, 0.25) is 10.0 Å². The van der Waals surface area contributed by atoms with Crippen LogP contribution in [0.15, 0.2) is 90.0 Å². The molecule has 1 fully saturated rings. The van der Waals surface area contributed by atoms with E-state index in [2.05, 4.69) is 10.5 Å². The van der Waals surface area contributed by atoms with E-state index in [1.54, 1.807) is 24.3 Å². The van der Waals surface area contributed by atoms with E-state index in [9.17, 15) is 13.2 Å². The quantitative estimate of drug-likeness (QED) is 0.508. The zero-order chi connectivity index (χ0) is 21.0. The van der Waals surface area contributed by atoms with E-state index >= 15 is 0 Å². The van der Waals surface area contributed by atoms with Gasteiger partial charge < -0.3 is 0 Å². The van der Waals surface area contributed by atoms with Gasteiger partial charge in [-0.2, -0.15) is 5.10 Å². The third-order valence-corrected chi connectivity index (χ3v) is 6.73. The van der Waals surface area contributed by atoms with E-state index in [-0.39, 0.29) is 5.75 Å². The minimum absolute atomic E-state index is 0.130. The van der Waals surface area contributed by atoms with Crippen LogP contribution in [0.4, 0.5) is 5.69 Å². The van der Waals surface area contributed by atoms with Crippen LogP contribution in [0.2, 0.25) is 0 Å². The molecule has 0 saturated carbocycles. The zero-order valence-corrected chi connectivity index (χ0v) is 17.0. The van der Waals surface area contributed by atoms with Gasteiger partial charge in [0.15, 0.2) is 0 Å². The van der Waals surface area contributed by atoms with Crippen molar-refractivity contribution in [3.05, 3.63) is 102 Å². The minimum atomic E-state index is -3.31. The molecule has 3 aromatic carbocycles. The van der Waals surface area contributed by atoms with Crippen molar-refractivity contribution in [2.24, 2.45) is 5.10 Å². The van der Waals surface area contributed by atoms with Gasteiger partial charge in [-0.25, -0.2) is 13.8 Å². The van der Waals surface area contributed by atoms with Crippen molar-refractivity contribution in [2.75, 3.05) is 16.6 Å². The van der Waals surface area contributed by atoms with Crippen LogP contribution in [0.25, 0.3) is 0 Å². The second-order valence-corrected chi connectivity index (χ2v) is 8.94. The van der Waals surface area contributed by atoms with Crippen LogP contribution in [0.5, 0.6) is 0 Å². The summed E-state index contributed by atoms with van der Waals surface area (Å²) in [6.07, 6.45) is 0.584. The Hall–Kier alpha value is -3.45. The van der Waals surface area contributed by atoms with E-state index in [4.69, 9.17) is 0 Å². The Morgan fingerprint density at radius 2 is 1.43 bits per heavy atom. The van der Waals surface area contributed by atoms with Gasteiger partial charge in [-0.05, 0) is 24.6 Å². The van der Waals surface area contributed by atoms with Crippen LogP contribution in [-0.4, -0.2) is 32.3 Å². The summed E-state index contributed by atoms with van der Waals surface area (Å²) in [4.78, 5) is 12.8. The van der Waals surface area contributed by atoms with Crippen molar-refractivity contribution >= 4 is 27.3 Å². The van der Waals surface area contributed by atoms with Crippen molar-refractivity contribution in [1.82, 2.24) is 5.43 Å². The van der Waals surface area contributed by atoms with Crippen LogP contribution < -0.4 is 9.73 Å². The Balaban J connectivity index is 1.61. The molecule has 6 nitrogen and oxygen atoms in total. The van der Waals surface area contributed by atoms with E-state index < -0.39 is 15.9 Å². The zero-order valence-electron chi connectivity index (χ0n) is 16.2. The number of carbonyl (C=O) groups is 1. The number of benzene rings is 3. The molecule has 0 aliphatic carbocycles. The molecule has 7 heteroatoms. The summed E-state index contributed by atoms with van der Waals surface area (Å²) < 4.78 is 25.7. The number of nitrogens with one attached hydrogen (secondary N) is 1. The number of sulfonamides is 1. The summed E-state index contributed by atoms with van der Waals surface area (Å²) in [6, 6.07) is 25.8. The van der Waals surface area contributed by atoms with Crippen LogP contribution in [-0.2, 0) is 10.0 Å². The van der Waals surface area contributed by atoms with Crippen molar-refractivity contribution in [3.63, 3.8) is 0 Å². The number of hydrazone groups is 1. The molecule has 1 N–H and O–H groups in total. The first-order valence-electron chi connectivity index (χ1n) is 9.64. The van der Waals surface area contributed by atoms with Crippen molar-refractivity contribution in [2.45, 2.75) is 6.42 Å². The van der Waals surface area contributed by atoms with Crippen LogP contribution in [0, 0.1) is 0 Å². The van der Waals surface area contributed by atoms with Gasteiger partial charge in [0.25, 0.3) is 5.91 Å². The van der Waals surface area contributed by atoms with Gasteiger partial charge in [-0.15, -0.1) is 0 Å². The summed E-state index contributed by atoms with van der Waals surface area (Å²) in [5.41, 5.74) is 5.85. The van der Waals surface area contributed by atoms with Gasteiger partial charge in [0.1, 0.15) is 0 Å². The smallest absolute Gasteiger partial charge is 0.270 e. The molecule has 1 saturated heterocycles. The lowest BCUT2D eigenvalue weighted by Crippen LogP contribution is -2.26. The molecule has 1 aliphatic rings. The molecule has 30 heavy (non-hydrogen) atoms. The molecule has 0 atom stereocenters. The summed E-state index contributed by atoms with van der Waals surface area (Å²) in [6.45, 7) is 0.428. The van der Waals surface area contributed by atoms with Crippen molar-refractivity contribution in [1.29, 1.82) is 0 Å². The predicted molar refractivity (Wildman–Crippen MR) is 118 cm³/mol. The summed E-state index contributed by atoms with van der Waals surface area (Å²) in [5, 5.41) is 4.38. The molecule has 0 unspecified atom stereocenters. The third-order valence-electron chi connectivity index (χ3n) is 4.86. The summed E-state index contributed by atoms with van der Waals surface area (Å²) >= 11 is 0. The maximum Gasteiger partial charge on any atom is 0.271 e. The minimum Gasteiger partial charge on any atom is -0.270 e. The Labute approximate surface area is 175 Å². The SMILES string of the molecule is O=C(NN=C(c1ccccc1)c1ccccc1)c1cccc(N2CCCS2(=O)=O)c1. The fourth-order valence-corrected chi connectivity index (χ4v) is 4.95. The first-order chi connectivity index (χ1) is 14.5. The highest BCUT2D eigenvalue weighted by Crippen LogP contribution is 2.24. The number of nitrogens with zero attached hydrogens (tertiary/aromatic N) is 2. The normalized spacial score (nSPS) is 14.9. The van der Waals surface area contributed by atoms with E-state index in [1.807, 2.05) is 60.7 Å². The molecule has 0 aromatic heterocycles. The molecular weight excluding hydrogens is 398 g/mol. The predicted octanol–water partition coefficient (Wildman–Crippen LogP) is 3.41. The van der Waals surface area contributed by atoms with Gasteiger partial charge in [-0.3, -0.25) is 9.10 Å². The van der Waals surface area contributed by atoms with Crippen molar-refractivity contribution < 1.29 is 13.2 Å². The van der Waals surface area contributed by atoms with Gasteiger partial charge >= 0.3 is 0 Å². The molecule has 152 valence electrons. The number of amides is 1. The van der Waals surface area contributed by atoms with E-state index in [0.717, 1.165) is 11.1 Å². The number of anilines is 1. The molecule has 0 radical (unpaired) electrons. The highest BCUT2D eigenvalue weighted by atomic mass is 32.2. The fraction of sp³-hybridized carbons (Fsp3) is 0.130. The third kappa shape index (κ3) is 4.26. The first kappa shape index (κ1) is 19.8. The molecule has 1 amide bonds. The topological polar surface area (TPSA) is 78.8 Å². The number of hydrogen-bond donors (Lipinski definition) is 1. The highest BCUT2D eigenvalue weighted by Gasteiger charge is 2.28. The maximum atomic E-state index is 12.8. The molecule has 1 heterocycles. The molecule has 0 spiro atoms. The van der Waals surface area contributed by atoms with E-state index in [0.29, 0.717) is 29.9 Å². The number of carbonyl (C=O) groups excluding carboxylic acids is 1.